The van der Waals surface area contributed by atoms with E-state index >= 15 is 0 Å². The minimum atomic E-state index is 0.00541. The Bertz CT molecular complexity index is 1310. The molecule has 0 radical (unpaired) electrons. The van der Waals surface area contributed by atoms with Gasteiger partial charge in [0.1, 0.15) is 18.2 Å². The van der Waals surface area contributed by atoms with Gasteiger partial charge in [0.2, 0.25) is 0 Å². The number of nitrogens with one attached hydrogen (secondary N) is 1. The highest BCUT2D eigenvalue weighted by Gasteiger charge is 2.23. The number of aromatic nitrogens is 2. The Morgan fingerprint density at radius 2 is 1.90 bits per heavy atom. The molecule has 156 valence electrons. The summed E-state index contributed by atoms with van der Waals surface area (Å²) in [6.45, 7) is 5.47. The van der Waals surface area contributed by atoms with Crippen molar-refractivity contribution in [2.45, 2.75) is 20.4 Å². The third-order valence-corrected chi connectivity index (χ3v) is 6.74. The Kier molecular flexibility index (Phi) is 5.02. The third-order valence-electron chi connectivity index (χ3n) is 5.68. The molecule has 5 nitrogen and oxygen atoms in total. The van der Waals surface area contributed by atoms with Crippen LogP contribution < -0.4 is 4.74 Å². The van der Waals surface area contributed by atoms with E-state index in [2.05, 4.69) is 56.2 Å². The number of ether oxygens (including phenoxy) is 1. The zero-order valence-electron chi connectivity index (χ0n) is 17.4. The second-order valence-corrected chi connectivity index (χ2v) is 8.68. The molecule has 6 heteroatoms. The largest absolute Gasteiger partial charge is 0.491 e. The summed E-state index contributed by atoms with van der Waals surface area (Å²) in [6, 6.07) is 18.2. The van der Waals surface area contributed by atoms with Gasteiger partial charge >= 0.3 is 0 Å². The zero-order chi connectivity index (χ0) is 21.5. The standard InChI is InChI=1S/C25H22BrN3O2/c1-15-4-3-5-20(24(15)26)25(30)29-10-11-31-23-9-7-17(12-19(23)14-29)18-6-8-21-22(13-18)28-16(2)27-21/h3-9,12-13H,10-11,14H2,1-2H3,(H,27,28). The van der Waals surface area contributed by atoms with Crippen molar-refractivity contribution < 1.29 is 9.53 Å². The molecule has 0 atom stereocenters. The average Bonchev–Trinajstić information content (AvgIpc) is 3.00. The number of fused-ring (bicyclic) bond motifs is 2. The fraction of sp³-hybridized carbons (Fsp3) is 0.200. The lowest BCUT2D eigenvalue weighted by Gasteiger charge is -2.21. The van der Waals surface area contributed by atoms with Gasteiger partial charge in [0, 0.05) is 16.6 Å². The zero-order valence-corrected chi connectivity index (χ0v) is 19.0. The number of hydrogen-bond acceptors (Lipinski definition) is 3. The first-order valence-corrected chi connectivity index (χ1v) is 11.1. The van der Waals surface area contributed by atoms with Crippen molar-refractivity contribution in [1.29, 1.82) is 0 Å². The van der Waals surface area contributed by atoms with Crippen LogP contribution in [0.4, 0.5) is 0 Å². The molecule has 5 rings (SSSR count). The lowest BCUT2D eigenvalue weighted by molar-refractivity contribution is 0.0732. The summed E-state index contributed by atoms with van der Waals surface area (Å²) in [5.74, 6) is 1.74. The van der Waals surface area contributed by atoms with Crippen molar-refractivity contribution in [1.82, 2.24) is 14.9 Å². The summed E-state index contributed by atoms with van der Waals surface area (Å²) >= 11 is 3.58. The number of aromatic amines is 1. The Labute approximate surface area is 189 Å². The molecular weight excluding hydrogens is 454 g/mol. The molecule has 0 bridgehead atoms. The predicted octanol–water partition coefficient (Wildman–Crippen LogP) is 5.64. The van der Waals surface area contributed by atoms with Crippen LogP contribution in [0.5, 0.6) is 5.75 Å². The first-order chi connectivity index (χ1) is 15.0. The average molecular weight is 476 g/mol. The molecule has 1 aliphatic heterocycles. The maximum Gasteiger partial charge on any atom is 0.255 e. The Morgan fingerprint density at radius 3 is 2.77 bits per heavy atom. The number of benzene rings is 3. The van der Waals surface area contributed by atoms with Crippen LogP contribution in [0.25, 0.3) is 22.2 Å². The Hall–Kier alpha value is -3.12. The number of carbonyl (C=O) groups excluding carboxylic acids is 1. The summed E-state index contributed by atoms with van der Waals surface area (Å²) in [7, 11) is 0. The SMILES string of the molecule is Cc1nc2cc(-c3ccc4c(c3)CN(C(=O)c3cccc(C)c3Br)CCO4)ccc2[nH]1. The molecule has 0 saturated heterocycles. The number of carbonyl (C=O) groups is 1. The van der Waals surface area contributed by atoms with Crippen molar-refractivity contribution in [2.24, 2.45) is 0 Å². The number of imidazole rings is 1. The number of H-pyrrole nitrogens is 1. The van der Waals surface area contributed by atoms with Gasteiger partial charge in [-0.05, 0) is 76.8 Å². The van der Waals surface area contributed by atoms with Gasteiger partial charge < -0.3 is 14.6 Å². The van der Waals surface area contributed by atoms with Crippen LogP contribution in [0.2, 0.25) is 0 Å². The van der Waals surface area contributed by atoms with E-state index in [4.69, 9.17) is 4.74 Å². The van der Waals surface area contributed by atoms with Gasteiger partial charge in [-0.25, -0.2) is 4.98 Å². The van der Waals surface area contributed by atoms with E-state index in [-0.39, 0.29) is 5.91 Å². The topological polar surface area (TPSA) is 58.2 Å². The van der Waals surface area contributed by atoms with Crippen molar-refractivity contribution >= 4 is 32.9 Å². The molecule has 1 aliphatic rings. The van der Waals surface area contributed by atoms with Crippen LogP contribution in [0, 0.1) is 13.8 Å². The normalized spacial score (nSPS) is 13.6. The maximum atomic E-state index is 13.3. The number of hydrogen-bond donors (Lipinski definition) is 1. The van der Waals surface area contributed by atoms with Crippen molar-refractivity contribution in [2.75, 3.05) is 13.2 Å². The molecule has 4 aromatic rings. The minimum absolute atomic E-state index is 0.00541. The Morgan fingerprint density at radius 1 is 1.10 bits per heavy atom. The minimum Gasteiger partial charge on any atom is -0.491 e. The lowest BCUT2D eigenvalue weighted by Crippen LogP contribution is -2.32. The van der Waals surface area contributed by atoms with E-state index in [0.717, 1.165) is 49.3 Å². The van der Waals surface area contributed by atoms with E-state index in [0.29, 0.717) is 25.3 Å². The van der Waals surface area contributed by atoms with E-state index in [1.54, 1.807) is 0 Å². The molecule has 1 N–H and O–H groups in total. The third kappa shape index (κ3) is 3.72. The number of nitrogens with zero attached hydrogens (tertiary/aromatic N) is 2. The van der Waals surface area contributed by atoms with Gasteiger partial charge in [0.25, 0.3) is 5.91 Å². The van der Waals surface area contributed by atoms with Crippen molar-refractivity contribution in [3.63, 3.8) is 0 Å². The molecule has 31 heavy (non-hydrogen) atoms. The summed E-state index contributed by atoms with van der Waals surface area (Å²) in [5.41, 5.74) is 6.87. The smallest absolute Gasteiger partial charge is 0.255 e. The van der Waals surface area contributed by atoms with Gasteiger partial charge in [-0.1, -0.05) is 24.3 Å². The van der Waals surface area contributed by atoms with Gasteiger partial charge in [-0.3, -0.25) is 4.79 Å². The molecule has 0 saturated carbocycles. The summed E-state index contributed by atoms with van der Waals surface area (Å²) < 4.78 is 6.81. The molecular formula is C25H22BrN3O2. The predicted molar refractivity (Wildman–Crippen MR) is 125 cm³/mol. The van der Waals surface area contributed by atoms with Crippen LogP contribution in [0.1, 0.15) is 27.3 Å². The van der Waals surface area contributed by atoms with E-state index < -0.39 is 0 Å². The van der Waals surface area contributed by atoms with E-state index in [9.17, 15) is 4.79 Å². The number of aryl methyl sites for hydroxylation is 2. The van der Waals surface area contributed by atoms with Crippen LogP contribution in [0.3, 0.4) is 0 Å². The number of rotatable bonds is 2. The molecule has 2 heterocycles. The van der Waals surface area contributed by atoms with Crippen LogP contribution in [-0.2, 0) is 6.54 Å². The van der Waals surface area contributed by atoms with Gasteiger partial charge in [-0.15, -0.1) is 0 Å². The lowest BCUT2D eigenvalue weighted by atomic mass is 10.0. The van der Waals surface area contributed by atoms with Crippen LogP contribution in [0.15, 0.2) is 59.1 Å². The van der Waals surface area contributed by atoms with Gasteiger partial charge in [0.05, 0.1) is 23.1 Å². The Balaban J connectivity index is 1.48. The first kappa shape index (κ1) is 19.8. The summed E-state index contributed by atoms with van der Waals surface area (Å²) in [4.78, 5) is 22.9. The molecule has 3 aromatic carbocycles. The first-order valence-electron chi connectivity index (χ1n) is 10.3. The molecule has 0 spiro atoms. The highest BCUT2D eigenvalue weighted by atomic mass is 79.9. The van der Waals surface area contributed by atoms with Crippen molar-refractivity contribution in [3.8, 4) is 16.9 Å². The summed E-state index contributed by atoms with van der Waals surface area (Å²) in [5, 5.41) is 0. The number of halogens is 1. The fourth-order valence-corrected chi connectivity index (χ4v) is 4.48. The molecule has 0 fully saturated rings. The molecule has 1 aromatic heterocycles. The quantitative estimate of drug-likeness (QED) is 0.407. The second-order valence-electron chi connectivity index (χ2n) is 7.89. The van der Waals surface area contributed by atoms with Crippen LogP contribution in [-0.4, -0.2) is 33.9 Å². The molecule has 1 amide bonds. The van der Waals surface area contributed by atoms with Crippen LogP contribution >= 0.6 is 15.9 Å². The van der Waals surface area contributed by atoms with Gasteiger partial charge in [0.15, 0.2) is 0 Å². The van der Waals surface area contributed by atoms with E-state index in [1.165, 1.54) is 0 Å². The maximum absolute atomic E-state index is 13.3. The molecule has 0 aliphatic carbocycles. The number of amides is 1. The monoisotopic (exact) mass is 475 g/mol. The van der Waals surface area contributed by atoms with E-state index in [1.807, 2.05) is 43.0 Å². The van der Waals surface area contributed by atoms with Gasteiger partial charge in [-0.2, -0.15) is 0 Å². The van der Waals surface area contributed by atoms with Crippen molar-refractivity contribution in [3.05, 3.63) is 81.6 Å². The highest BCUT2D eigenvalue weighted by molar-refractivity contribution is 9.10. The summed E-state index contributed by atoms with van der Waals surface area (Å²) in [6.07, 6.45) is 0. The fourth-order valence-electron chi connectivity index (χ4n) is 4.04. The highest BCUT2D eigenvalue weighted by Crippen LogP contribution is 2.31. The molecule has 0 unspecified atom stereocenters. The second kappa shape index (κ2) is 7.85.